The molecular formula is C9H21N3O. The van der Waals surface area contributed by atoms with E-state index in [1.165, 1.54) is 0 Å². The summed E-state index contributed by atoms with van der Waals surface area (Å²) >= 11 is 0. The highest BCUT2D eigenvalue weighted by Gasteiger charge is 1.97. The minimum atomic E-state index is -0.335. The molecule has 0 aliphatic carbocycles. The van der Waals surface area contributed by atoms with Crippen molar-refractivity contribution in [2.24, 2.45) is 5.73 Å². The fourth-order valence-corrected chi connectivity index (χ4v) is 0.847. The molecule has 0 heterocycles. The molecule has 0 saturated heterocycles. The van der Waals surface area contributed by atoms with Crippen molar-refractivity contribution in [1.29, 1.82) is 0 Å². The Bertz CT molecular complexity index is 155. The Morgan fingerprint density at radius 1 is 1.54 bits per heavy atom. The molecule has 1 atom stereocenters. The molecule has 0 rings (SSSR count). The fourth-order valence-electron chi connectivity index (χ4n) is 0.847. The molecule has 0 saturated carbocycles. The molecule has 0 bridgehead atoms. The maximum absolute atomic E-state index is 11.1. The third-order valence-corrected chi connectivity index (χ3v) is 1.58. The van der Waals surface area contributed by atoms with Crippen LogP contribution in [0.2, 0.25) is 0 Å². The summed E-state index contributed by atoms with van der Waals surface area (Å²) in [5, 5.41) is 5.47. The largest absolute Gasteiger partial charge is 0.354 e. The lowest BCUT2D eigenvalue weighted by atomic mass is 10.2. The van der Waals surface area contributed by atoms with Crippen LogP contribution in [0.1, 0.15) is 27.6 Å². The van der Waals surface area contributed by atoms with Crippen LogP contribution in [0.25, 0.3) is 0 Å². The van der Waals surface area contributed by atoms with Gasteiger partial charge in [-0.1, -0.05) is 19.8 Å². The predicted molar refractivity (Wildman–Crippen MR) is 54.5 cm³/mol. The zero-order valence-corrected chi connectivity index (χ0v) is 8.31. The van der Waals surface area contributed by atoms with E-state index < -0.39 is 0 Å². The van der Waals surface area contributed by atoms with E-state index in [1.807, 2.05) is 0 Å². The molecule has 0 fully saturated rings. The third kappa shape index (κ3) is 9.30. The molecule has 1 amide bonds. The van der Waals surface area contributed by atoms with Gasteiger partial charge < -0.3 is 16.4 Å². The summed E-state index contributed by atoms with van der Waals surface area (Å²) in [4.78, 5) is 11.1. The van der Waals surface area contributed by atoms with Crippen molar-refractivity contribution in [1.82, 2.24) is 10.6 Å². The number of unbranched alkanes of at least 4 members (excludes halogenated alkanes) is 1. The number of rotatable bonds is 8. The second-order valence-electron chi connectivity index (χ2n) is 2.87. The molecule has 0 aromatic heterocycles. The van der Waals surface area contributed by atoms with E-state index in [-0.39, 0.29) is 19.0 Å². The van der Waals surface area contributed by atoms with Gasteiger partial charge in [-0.3, -0.25) is 4.79 Å². The summed E-state index contributed by atoms with van der Waals surface area (Å²) in [6.07, 6.45) is 2.89. The van der Waals surface area contributed by atoms with Gasteiger partial charge in [-0.05, 0) is 12.9 Å². The van der Waals surface area contributed by atoms with Crippen molar-refractivity contribution in [2.45, 2.75) is 26.2 Å². The van der Waals surface area contributed by atoms with Gasteiger partial charge >= 0.3 is 0 Å². The Labute approximate surface area is 81.7 Å². The SMILES string of the molecule is [2H]C(CCCC)NCC(=O)NCCN. The highest BCUT2D eigenvalue weighted by Crippen LogP contribution is 1.90. The van der Waals surface area contributed by atoms with Gasteiger partial charge in [0.1, 0.15) is 0 Å². The van der Waals surface area contributed by atoms with Crippen molar-refractivity contribution in [3.05, 3.63) is 0 Å². The summed E-state index contributed by atoms with van der Waals surface area (Å²) in [5.74, 6) is -0.0933. The van der Waals surface area contributed by atoms with Gasteiger partial charge in [-0.25, -0.2) is 0 Å². The van der Waals surface area contributed by atoms with Gasteiger partial charge in [-0.2, -0.15) is 0 Å². The van der Waals surface area contributed by atoms with E-state index in [4.69, 9.17) is 7.10 Å². The van der Waals surface area contributed by atoms with Crippen LogP contribution < -0.4 is 16.4 Å². The number of carbonyl (C=O) groups is 1. The van der Waals surface area contributed by atoms with Crippen molar-refractivity contribution in [3.63, 3.8) is 0 Å². The van der Waals surface area contributed by atoms with Gasteiger partial charge in [0.05, 0.1) is 6.54 Å². The van der Waals surface area contributed by atoms with Gasteiger partial charge in [0.25, 0.3) is 0 Å². The van der Waals surface area contributed by atoms with Crippen molar-refractivity contribution < 1.29 is 6.17 Å². The minimum absolute atomic E-state index is 0.0933. The van der Waals surface area contributed by atoms with Crippen LogP contribution >= 0.6 is 0 Å². The first-order valence-corrected chi connectivity index (χ1v) is 4.83. The zero-order chi connectivity index (χ0) is 10.8. The highest BCUT2D eigenvalue weighted by molar-refractivity contribution is 5.77. The van der Waals surface area contributed by atoms with Gasteiger partial charge in [0.15, 0.2) is 0 Å². The molecule has 0 spiro atoms. The van der Waals surface area contributed by atoms with Crippen molar-refractivity contribution in [3.8, 4) is 0 Å². The molecule has 0 aliphatic heterocycles. The standard InChI is InChI=1S/C9H21N3O/c1-2-3-4-6-11-8-9(13)12-7-5-10/h11H,2-8,10H2,1H3,(H,12,13)/i6D. The van der Waals surface area contributed by atoms with E-state index >= 15 is 0 Å². The normalized spacial score (nSPS) is 13.5. The molecule has 4 N–H and O–H groups in total. The van der Waals surface area contributed by atoms with Crippen molar-refractivity contribution in [2.75, 3.05) is 26.2 Å². The first kappa shape index (κ1) is 10.5. The summed E-state index contributed by atoms with van der Waals surface area (Å²) in [5.41, 5.74) is 5.23. The molecule has 1 unspecified atom stereocenters. The average molecular weight is 188 g/mol. The molecule has 13 heavy (non-hydrogen) atoms. The Hall–Kier alpha value is -0.610. The second kappa shape index (κ2) is 9.48. The molecule has 0 aliphatic rings. The highest BCUT2D eigenvalue weighted by atomic mass is 16.1. The molecule has 4 nitrogen and oxygen atoms in total. The Kier molecular flexibility index (Phi) is 7.63. The topological polar surface area (TPSA) is 67.2 Å². The van der Waals surface area contributed by atoms with Crippen LogP contribution in [0, 0.1) is 0 Å². The lowest BCUT2D eigenvalue weighted by Gasteiger charge is -2.04. The maximum Gasteiger partial charge on any atom is 0.234 e. The number of nitrogens with one attached hydrogen (secondary N) is 2. The van der Waals surface area contributed by atoms with E-state index in [0.717, 1.165) is 19.3 Å². The smallest absolute Gasteiger partial charge is 0.234 e. The predicted octanol–water partition coefficient (Wildman–Crippen LogP) is -0.159. The first-order chi connectivity index (χ1) is 6.70. The first-order valence-electron chi connectivity index (χ1n) is 5.40. The lowest BCUT2D eigenvalue weighted by molar-refractivity contribution is -0.120. The number of hydrogen-bond donors (Lipinski definition) is 3. The third-order valence-electron chi connectivity index (χ3n) is 1.58. The van der Waals surface area contributed by atoms with E-state index in [2.05, 4.69) is 17.6 Å². The minimum Gasteiger partial charge on any atom is -0.354 e. The Balaban J connectivity index is 3.36. The summed E-state index contributed by atoms with van der Waals surface area (Å²) in [6, 6.07) is 0. The number of nitrogens with two attached hydrogens (primary N) is 1. The average Bonchev–Trinajstić information content (AvgIpc) is 2.20. The Morgan fingerprint density at radius 2 is 2.31 bits per heavy atom. The summed E-state index contributed by atoms with van der Waals surface area (Å²) < 4.78 is 7.53. The molecule has 78 valence electrons. The summed E-state index contributed by atoms with van der Waals surface area (Å²) in [6.45, 7) is 2.90. The van der Waals surface area contributed by atoms with Crippen molar-refractivity contribution >= 4 is 5.91 Å². The van der Waals surface area contributed by atoms with E-state index in [0.29, 0.717) is 13.1 Å². The number of carbonyl (C=O) groups excluding carboxylic acids is 1. The van der Waals surface area contributed by atoms with Gasteiger partial charge in [0.2, 0.25) is 5.91 Å². The van der Waals surface area contributed by atoms with Crippen LogP contribution in [-0.2, 0) is 4.79 Å². The number of hydrogen-bond acceptors (Lipinski definition) is 3. The zero-order valence-electron chi connectivity index (χ0n) is 9.31. The molecule has 0 aromatic carbocycles. The molecule has 4 heteroatoms. The monoisotopic (exact) mass is 188 g/mol. The van der Waals surface area contributed by atoms with Crippen LogP contribution in [-0.4, -0.2) is 32.1 Å². The Morgan fingerprint density at radius 3 is 2.92 bits per heavy atom. The molecule has 0 aromatic rings. The maximum atomic E-state index is 11.1. The van der Waals surface area contributed by atoms with Crippen LogP contribution in [0.5, 0.6) is 0 Å². The second-order valence-corrected chi connectivity index (χ2v) is 2.87. The molecule has 0 radical (unpaired) electrons. The van der Waals surface area contributed by atoms with E-state index in [9.17, 15) is 4.79 Å². The molecular weight excluding hydrogens is 166 g/mol. The van der Waals surface area contributed by atoms with Gasteiger partial charge in [-0.15, -0.1) is 0 Å². The quantitative estimate of drug-likeness (QED) is 0.496. The summed E-state index contributed by atoms with van der Waals surface area (Å²) in [7, 11) is 0. The van der Waals surface area contributed by atoms with Crippen LogP contribution in [0.3, 0.4) is 0 Å². The lowest BCUT2D eigenvalue weighted by Crippen LogP contribution is -2.36. The fraction of sp³-hybridized carbons (Fsp3) is 0.889. The van der Waals surface area contributed by atoms with E-state index in [1.54, 1.807) is 0 Å². The van der Waals surface area contributed by atoms with Gasteiger partial charge in [0, 0.05) is 14.5 Å². The van der Waals surface area contributed by atoms with Crippen LogP contribution in [0.15, 0.2) is 0 Å². The van der Waals surface area contributed by atoms with Crippen LogP contribution in [0.4, 0.5) is 0 Å². The number of amides is 1.